The third-order valence-electron chi connectivity index (χ3n) is 7.20. The number of hydrogen-bond acceptors (Lipinski definition) is 4. The lowest BCUT2D eigenvalue weighted by Crippen LogP contribution is -2.32. The van der Waals surface area contributed by atoms with E-state index in [1.54, 1.807) is 34.9 Å². The molecule has 0 bridgehead atoms. The third-order valence-corrected chi connectivity index (χ3v) is 7.42. The first-order chi connectivity index (χ1) is 18.5. The van der Waals surface area contributed by atoms with E-state index in [1.165, 1.54) is 5.69 Å². The molecule has 0 atom stereocenters. The molecule has 1 N–H and O–H groups in total. The van der Waals surface area contributed by atoms with Gasteiger partial charge in [-0.25, -0.2) is 9.37 Å². The van der Waals surface area contributed by atoms with E-state index >= 15 is 4.39 Å². The Balaban J connectivity index is 0.00000353. The van der Waals surface area contributed by atoms with Crippen molar-refractivity contribution < 1.29 is 13.9 Å². The predicted octanol–water partition coefficient (Wildman–Crippen LogP) is 6.82. The number of imidazole rings is 1. The van der Waals surface area contributed by atoms with Gasteiger partial charge in [-0.05, 0) is 80.1 Å². The van der Waals surface area contributed by atoms with Gasteiger partial charge in [-0.15, -0.1) is 12.4 Å². The summed E-state index contributed by atoms with van der Waals surface area (Å²) in [6.07, 6.45) is 4.19. The molecule has 0 aliphatic carbocycles. The van der Waals surface area contributed by atoms with E-state index in [0.717, 1.165) is 37.2 Å². The molecule has 1 fully saturated rings. The molecule has 4 aromatic rings. The van der Waals surface area contributed by atoms with E-state index in [-0.39, 0.29) is 30.7 Å². The van der Waals surface area contributed by atoms with E-state index < -0.39 is 0 Å². The Labute approximate surface area is 239 Å². The minimum Gasteiger partial charge on any atom is -0.494 e. The van der Waals surface area contributed by atoms with Crippen molar-refractivity contribution in [3.8, 4) is 5.75 Å². The van der Waals surface area contributed by atoms with E-state index in [2.05, 4.69) is 27.3 Å². The second kappa shape index (κ2) is 12.7. The highest BCUT2D eigenvalue weighted by Gasteiger charge is 2.23. The number of benzene rings is 2. The smallest absolute Gasteiger partial charge is 0.270 e. The fourth-order valence-electron chi connectivity index (χ4n) is 5.17. The summed E-state index contributed by atoms with van der Waals surface area (Å²) in [7, 11) is 0. The topological polar surface area (TPSA) is 58.9 Å². The second-order valence-electron chi connectivity index (χ2n) is 9.56. The number of hydrogen-bond donors (Lipinski definition) is 1. The molecule has 1 aliphatic rings. The Morgan fingerprint density at radius 2 is 1.85 bits per heavy atom. The molecule has 0 radical (unpaired) electrons. The van der Waals surface area contributed by atoms with Crippen molar-refractivity contribution >= 4 is 41.2 Å². The van der Waals surface area contributed by atoms with Crippen molar-refractivity contribution in [3.63, 3.8) is 0 Å². The Hall–Kier alpha value is -3.29. The normalized spacial score (nSPS) is 13.8. The number of pyridine rings is 1. The lowest BCUT2D eigenvalue weighted by Gasteiger charge is -2.34. The molecule has 39 heavy (non-hydrogen) atoms. The molecular formula is C30H33Cl2FN4O2. The number of carbonyl (C=O) groups excluding carboxylic acids is 1. The van der Waals surface area contributed by atoms with Gasteiger partial charge in [0, 0.05) is 37.1 Å². The van der Waals surface area contributed by atoms with Crippen LogP contribution in [0.3, 0.4) is 0 Å². The first-order valence-electron chi connectivity index (χ1n) is 13.2. The lowest BCUT2D eigenvalue weighted by atomic mass is 9.88. The number of anilines is 1. The number of amides is 1. The molecule has 1 amide bonds. The summed E-state index contributed by atoms with van der Waals surface area (Å²) >= 11 is 6.14. The van der Waals surface area contributed by atoms with E-state index in [9.17, 15) is 4.79 Å². The number of piperidine rings is 1. The number of nitrogens with one attached hydrogen (secondary N) is 1. The van der Waals surface area contributed by atoms with Crippen LogP contribution in [0.15, 0.2) is 60.8 Å². The van der Waals surface area contributed by atoms with Crippen LogP contribution >= 0.6 is 24.0 Å². The summed E-state index contributed by atoms with van der Waals surface area (Å²) in [5.74, 6) is 0.587. The summed E-state index contributed by atoms with van der Waals surface area (Å²) in [4.78, 5) is 20.0. The van der Waals surface area contributed by atoms with Crippen molar-refractivity contribution in [1.29, 1.82) is 0 Å². The Morgan fingerprint density at radius 3 is 2.51 bits per heavy atom. The molecule has 0 spiro atoms. The maximum Gasteiger partial charge on any atom is 0.270 e. The first-order valence-corrected chi connectivity index (χ1v) is 13.6. The third kappa shape index (κ3) is 6.31. The Bertz CT molecular complexity index is 1430. The zero-order valence-corrected chi connectivity index (χ0v) is 23.7. The minimum atomic E-state index is -0.304. The number of halogens is 3. The van der Waals surface area contributed by atoms with Crippen LogP contribution in [-0.4, -0.2) is 35.0 Å². The molecule has 6 nitrogen and oxygen atoms in total. The monoisotopic (exact) mass is 570 g/mol. The van der Waals surface area contributed by atoms with Gasteiger partial charge in [-0.2, -0.15) is 0 Å². The number of ether oxygens (including phenoxy) is 1. The summed E-state index contributed by atoms with van der Waals surface area (Å²) in [5.41, 5.74) is 4.41. The van der Waals surface area contributed by atoms with Crippen LogP contribution < -0.4 is 15.0 Å². The van der Waals surface area contributed by atoms with Gasteiger partial charge in [0.2, 0.25) is 0 Å². The molecule has 0 saturated carbocycles. The van der Waals surface area contributed by atoms with Gasteiger partial charge in [-0.3, -0.25) is 9.20 Å². The van der Waals surface area contributed by atoms with Crippen molar-refractivity contribution in [3.05, 3.63) is 94.1 Å². The summed E-state index contributed by atoms with van der Waals surface area (Å²) < 4.78 is 22.3. The van der Waals surface area contributed by atoms with Crippen LogP contribution in [0.2, 0.25) is 5.02 Å². The van der Waals surface area contributed by atoms with Gasteiger partial charge in [0.1, 0.15) is 22.9 Å². The maximum atomic E-state index is 15.1. The number of carbonyl (C=O) groups is 1. The van der Waals surface area contributed by atoms with Crippen molar-refractivity contribution in [2.24, 2.45) is 0 Å². The largest absolute Gasteiger partial charge is 0.494 e. The van der Waals surface area contributed by atoms with Crippen molar-refractivity contribution in [2.75, 3.05) is 24.6 Å². The van der Waals surface area contributed by atoms with Crippen LogP contribution in [0, 0.1) is 5.82 Å². The molecule has 9 heteroatoms. The summed E-state index contributed by atoms with van der Waals surface area (Å²) in [6, 6.07) is 17.1. The first kappa shape index (κ1) is 28.7. The molecule has 0 unspecified atom stereocenters. The highest BCUT2D eigenvalue weighted by Crippen LogP contribution is 2.32. The van der Waals surface area contributed by atoms with Crippen molar-refractivity contribution in [1.82, 2.24) is 14.7 Å². The standard InChI is InChI=1S/C30H32ClFN4O2.ClH/c1-3-27-29(36-19-23(31)7-12-28(36)34-27)30(37)33-18-22-6-5-21(17-26(22)32)20-13-15-35(16-14-20)24-8-10-25(11-9-24)38-4-2;/h5-12,17,19-20H,3-4,13-16,18H2,1-2H3,(H,33,37);1H. The molecule has 206 valence electrons. The zero-order chi connectivity index (χ0) is 26.6. The molecule has 1 saturated heterocycles. The molecule has 3 heterocycles. The average molecular weight is 572 g/mol. The fraction of sp³-hybridized carbons (Fsp3) is 0.333. The quantitative estimate of drug-likeness (QED) is 0.252. The van der Waals surface area contributed by atoms with Gasteiger partial charge in [0.25, 0.3) is 5.91 Å². The molecule has 2 aromatic heterocycles. The zero-order valence-electron chi connectivity index (χ0n) is 22.1. The lowest BCUT2D eigenvalue weighted by molar-refractivity contribution is 0.0943. The van der Waals surface area contributed by atoms with E-state index in [1.807, 2.05) is 32.0 Å². The van der Waals surface area contributed by atoms with Crippen LogP contribution in [0.1, 0.15) is 59.9 Å². The van der Waals surface area contributed by atoms with Crippen LogP contribution in [0.25, 0.3) is 5.65 Å². The fourth-order valence-corrected chi connectivity index (χ4v) is 5.33. The Morgan fingerprint density at radius 1 is 1.10 bits per heavy atom. The number of nitrogens with zero attached hydrogens (tertiary/aromatic N) is 3. The van der Waals surface area contributed by atoms with Crippen molar-refractivity contribution in [2.45, 2.75) is 45.6 Å². The number of fused-ring (bicyclic) bond motifs is 1. The van der Waals surface area contributed by atoms with Gasteiger partial charge in [0.05, 0.1) is 17.3 Å². The SMILES string of the molecule is CCOc1ccc(N2CCC(c3ccc(CNC(=O)c4c(CC)nc5ccc(Cl)cn45)c(F)c3)CC2)cc1.Cl. The van der Waals surface area contributed by atoms with E-state index in [4.69, 9.17) is 16.3 Å². The van der Waals surface area contributed by atoms with Crippen LogP contribution in [0.5, 0.6) is 5.75 Å². The summed E-state index contributed by atoms with van der Waals surface area (Å²) in [5, 5.41) is 3.38. The van der Waals surface area contributed by atoms with Gasteiger partial charge in [0.15, 0.2) is 0 Å². The van der Waals surface area contributed by atoms with Gasteiger partial charge >= 0.3 is 0 Å². The minimum absolute atomic E-state index is 0. The molecule has 5 rings (SSSR count). The summed E-state index contributed by atoms with van der Waals surface area (Å²) in [6.45, 7) is 6.51. The van der Waals surface area contributed by atoms with E-state index in [0.29, 0.717) is 46.6 Å². The average Bonchev–Trinajstić information content (AvgIpc) is 3.31. The molecule has 1 aliphatic heterocycles. The highest BCUT2D eigenvalue weighted by molar-refractivity contribution is 6.30. The van der Waals surface area contributed by atoms with Crippen LogP contribution in [-0.2, 0) is 13.0 Å². The Kier molecular flexibility index (Phi) is 9.36. The molecule has 2 aromatic carbocycles. The number of aryl methyl sites for hydroxylation is 1. The highest BCUT2D eigenvalue weighted by atomic mass is 35.5. The second-order valence-corrected chi connectivity index (χ2v) is 9.99. The molecular weight excluding hydrogens is 538 g/mol. The van der Waals surface area contributed by atoms with Crippen LogP contribution in [0.4, 0.5) is 10.1 Å². The number of aromatic nitrogens is 2. The maximum absolute atomic E-state index is 15.1. The number of rotatable bonds is 8. The van der Waals surface area contributed by atoms with Gasteiger partial charge in [-0.1, -0.05) is 30.7 Å². The predicted molar refractivity (Wildman–Crippen MR) is 156 cm³/mol. The van der Waals surface area contributed by atoms with Gasteiger partial charge < -0.3 is 15.0 Å².